The number of nitrogens with two attached hydrogens (primary N) is 1. The molecule has 1 heterocycles. The van der Waals surface area contributed by atoms with Crippen LogP contribution in [0.5, 0.6) is 0 Å². The average molecular weight is 253 g/mol. The molecule has 1 atom stereocenters. The van der Waals surface area contributed by atoms with Gasteiger partial charge in [0.1, 0.15) is 0 Å². The molecule has 2 rings (SSSR count). The lowest BCUT2D eigenvalue weighted by Gasteiger charge is -2.43. The fraction of sp³-hybridized carbons (Fsp3) is 1.00. The molecule has 1 unspecified atom stereocenters. The summed E-state index contributed by atoms with van der Waals surface area (Å²) in [6.45, 7) is 8.28. The first-order valence-corrected chi connectivity index (χ1v) is 7.82. The van der Waals surface area contributed by atoms with Crippen LogP contribution in [0, 0.1) is 5.41 Å². The van der Waals surface area contributed by atoms with Crippen LogP contribution in [0.2, 0.25) is 0 Å². The Bertz CT molecular complexity index is 245. The molecule has 0 aromatic heterocycles. The van der Waals surface area contributed by atoms with E-state index in [1.54, 1.807) is 0 Å². The first-order valence-electron chi connectivity index (χ1n) is 7.82. The third-order valence-electron chi connectivity index (χ3n) is 5.27. The molecule has 2 N–H and O–H groups in total. The van der Waals surface area contributed by atoms with Crippen molar-refractivity contribution in [3.63, 3.8) is 0 Å². The largest absolute Gasteiger partial charge is 0.330 e. The van der Waals surface area contributed by atoms with Crippen LogP contribution in [0.15, 0.2) is 0 Å². The van der Waals surface area contributed by atoms with Gasteiger partial charge in [-0.15, -0.1) is 0 Å². The molecule has 2 fully saturated rings. The molecule has 2 aliphatic rings. The maximum absolute atomic E-state index is 5.98. The third kappa shape index (κ3) is 3.25. The summed E-state index contributed by atoms with van der Waals surface area (Å²) in [5.74, 6) is 0. The van der Waals surface area contributed by atoms with Crippen molar-refractivity contribution in [1.82, 2.24) is 9.80 Å². The fourth-order valence-electron chi connectivity index (χ4n) is 3.59. The van der Waals surface area contributed by atoms with Crippen LogP contribution < -0.4 is 5.73 Å². The lowest BCUT2D eigenvalue weighted by Crippen LogP contribution is -2.44. The predicted octanol–water partition coefficient (Wildman–Crippen LogP) is 1.92. The lowest BCUT2D eigenvalue weighted by atomic mass is 9.66. The highest BCUT2D eigenvalue weighted by atomic mass is 15.2. The van der Waals surface area contributed by atoms with Crippen molar-refractivity contribution in [2.24, 2.45) is 11.1 Å². The summed E-state index contributed by atoms with van der Waals surface area (Å²) in [6.07, 6.45) is 8.06. The van der Waals surface area contributed by atoms with Crippen molar-refractivity contribution in [2.75, 3.05) is 39.8 Å². The molecule has 1 aliphatic heterocycles. The number of rotatable bonds is 5. The predicted molar refractivity (Wildman–Crippen MR) is 77.7 cm³/mol. The van der Waals surface area contributed by atoms with E-state index in [9.17, 15) is 0 Å². The topological polar surface area (TPSA) is 32.5 Å². The van der Waals surface area contributed by atoms with Gasteiger partial charge in [-0.05, 0) is 70.7 Å². The zero-order valence-corrected chi connectivity index (χ0v) is 12.3. The van der Waals surface area contributed by atoms with Crippen molar-refractivity contribution in [2.45, 2.75) is 51.5 Å². The van der Waals surface area contributed by atoms with Gasteiger partial charge in [-0.1, -0.05) is 13.3 Å². The summed E-state index contributed by atoms with van der Waals surface area (Å²) in [5.41, 5.74) is 6.49. The average Bonchev–Trinajstić information content (AvgIpc) is 2.50. The van der Waals surface area contributed by atoms with E-state index in [-0.39, 0.29) is 0 Å². The molecule has 106 valence electrons. The van der Waals surface area contributed by atoms with Gasteiger partial charge >= 0.3 is 0 Å². The van der Waals surface area contributed by atoms with Crippen LogP contribution in [0.4, 0.5) is 0 Å². The van der Waals surface area contributed by atoms with Crippen LogP contribution >= 0.6 is 0 Å². The molecule has 1 saturated heterocycles. The first kappa shape index (κ1) is 14.3. The monoisotopic (exact) mass is 253 g/mol. The number of hydrogen-bond donors (Lipinski definition) is 1. The van der Waals surface area contributed by atoms with Gasteiger partial charge < -0.3 is 10.6 Å². The Labute approximate surface area is 113 Å². The third-order valence-corrected chi connectivity index (χ3v) is 5.27. The van der Waals surface area contributed by atoms with Gasteiger partial charge in [0.15, 0.2) is 0 Å². The summed E-state index contributed by atoms with van der Waals surface area (Å²) in [6, 6.07) is 0.757. The highest BCUT2D eigenvalue weighted by Crippen LogP contribution is 2.43. The molecule has 0 amide bonds. The Morgan fingerprint density at radius 2 is 2.00 bits per heavy atom. The second-order valence-corrected chi connectivity index (χ2v) is 6.52. The van der Waals surface area contributed by atoms with Gasteiger partial charge in [0.25, 0.3) is 0 Å². The first-order chi connectivity index (χ1) is 8.69. The normalized spacial score (nSPS) is 29.8. The second kappa shape index (κ2) is 6.36. The van der Waals surface area contributed by atoms with E-state index in [4.69, 9.17) is 5.73 Å². The fourth-order valence-corrected chi connectivity index (χ4v) is 3.59. The summed E-state index contributed by atoms with van der Waals surface area (Å²) in [4.78, 5) is 5.23. The smallest absolute Gasteiger partial charge is 0.0220 e. The van der Waals surface area contributed by atoms with Crippen LogP contribution in [0.3, 0.4) is 0 Å². The quantitative estimate of drug-likeness (QED) is 0.812. The van der Waals surface area contributed by atoms with Gasteiger partial charge in [0.05, 0.1) is 0 Å². The van der Waals surface area contributed by atoms with Crippen molar-refractivity contribution < 1.29 is 0 Å². The Balaban J connectivity index is 1.85. The standard InChI is InChI=1S/C15H31N3/c1-3-14-12-17(2)9-5-10-18(14)11-8-15(13-16)6-4-7-15/h14H,3-13,16H2,1-2H3. The Morgan fingerprint density at radius 3 is 2.56 bits per heavy atom. The number of nitrogens with zero attached hydrogens (tertiary/aromatic N) is 2. The molecule has 0 bridgehead atoms. The minimum Gasteiger partial charge on any atom is -0.330 e. The molecule has 18 heavy (non-hydrogen) atoms. The van der Waals surface area contributed by atoms with Crippen molar-refractivity contribution in [3.05, 3.63) is 0 Å². The van der Waals surface area contributed by atoms with Gasteiger partial charge in [-0.25, -0.2) is 0 Å². The summed E-state index contributed by atoms with van der Waals surface area (Å²) in [5, 5.41) is 0. The molecule has 0 radical (unpaired) electrons. The van der Waals surface area contributed by atoms with E-state index >= 15 is 0 Å². The van der Waals surface area contributed by atoms with Crippen molar-refractivity contribution in [3.8, 4) is 0 Å². The maximum atomic E-state index is 5.98. The van der Waals surface area contributed by atoms with E-state index < -0.39 is 0 Å². The highest BCUT2D eigenvalue weighted by Gasteiger charge is 2.36. The Hall–Kier alpha value is -0.120. The van der Waals surface area contributed by atoms with Crippen LogP contribution in [0.25, 0.3) is 0 Å². The zero-order chi connectivity index (χ0) is 13.0. The minimum atomic E-state index is 0.510. The molecular formula is C15H31N3. The van der Waals surface area contributed by atoms with Crippen LogP contribution in [-0.4, -0.2) is 55.6 Å². The minimum absolute atomic E-state index is 0.510. The zero-order valence-electron chi connectivity index (χ0n) is 12.3. The molecule has 3 nitrogen and oxygen atoms in total. The van der Waals surface area contributed by atoms with Gasteiger partial charge in [0, 0.05) is 12.6 Å². The van der Waals surface area contributed by atoms with Gasteiger partial charge in [-0.2, -0.15) is 0 Å². The molecule has 1 aliphatic carbocycles. The lowest BCUT2D eigenvalue weighted by molar-refractivity contribution is 0.0902. The molecule has 0 aromatic rings. The van der Waals surface area contributed by atoms with Gasteiger partial charge in [0.2, 0.25) is 0 Å². The summed E-state index contributed by atoms with van der Waals surface area (Å²) in [7, 11) is 2.26. The van der Waals surface area contributed by atoms with Crippen LogP contribution in [0.1, 0.15) is 45.4 Å². The molecule has 0 aromatic carbocycles. The molecule has 1 saturated carbocycles. The Morgan fingerprint density at radius 1 is 1.22 bits per heavy atom. The second-order valence-electron chi connectivity index (χ2n) is 6.52. The summed E-state index contributed by atoms with van der Waals surface area (Å²) >= 11 is 0. The molecular weight excluding hydrogens is 222 g/mol. The SMILES string of the molecule is CCC1CN(C)CCCN1CCC1(CN)CCC1. The number of likely N-dealkylation sites (N-methyl/N-ethyl adjacent to an activating group) is 1. The van der Waals surface area contributed by atoms with Crippen molar-refractivity contribution in [1.29, 1.82) is 0 Å². The molecule has 0 spiro atoms. The van der Waals surface area contributed by atoms with Crippen molar-refractivity contribution >= 4 is 0 Å². The van der Waals surface area contributed by atoms with Gasteiger partial charge in [-0.3, -0.25) is 4.90 Å². The highest BCUT2D eigenvalue weighted by molar-refractivity contribution is 4.90. The summed E-state index contributed by atoms with van der Waals surface area (Å²) < 4.78 is 0. The van der Waals surface area contributed by atoms with E-state index in [1.807, 2.05) is 0 Å². The van der Waals surface area contributed by atoms with E-state index in [0.29, 0.717) is 5.41 Å². The maximum Gasteiger partial charge on any atom is 0.0220 e. The van der Waals surface area contributed by atoms with E-state index in [2.05, 4.69) is 23.8 Å². The van der Waals surface area contributed by atoms with E-state index in [0.717, 1.165) is 12.6 Å². The van der Waals surface area contributed by atoms with E-state index in [1.165, 1.54) is 64.7 Å². The Kier molecular flexibility index (Phi) is 5.05. The number of hydrogen-bond acceptors (Lipinski definition) is 3. The molecule has 3 heteroatoms. The van der Waals surface area contributed by atoms with Crippen LogP contribution in [-0.2, 0) is 0 Å².